The molecular formula is C6H7N2O2. The van der Waals surface area contributed by atoms with Gasteiger partial charge in [-0.1, -0.05) is 0 Å². The zero-order valence-electron chi connectivity index (χ0n) is 5.50. The van der Waals surface area contributed by atoms with Crippen LogP contribution in [0.3, 0.4) is 0 Å². The molecule has 1 aromatic heterocycles. The van der Waals surface area contributed by atoms with Crippen LogP contribution in [0.1, 0.15) is 6.92 Å². The molecule has 1 aromatic rings. The van der Waals surface area contributed by atoms with E-state index in [9.17, 15) is 9.59 Å². The van der Waals surface area contributed by atoms with E-state index < -0.39 is 5.69 Å². The molecule has 1 heterocycles. The van der Waals surface area contributed by atoms with E-state index in [2.05, 4.69) is 4.98 Å². The third kappa shape index (κ3) is 1.15. The molecule has 0 spiro atoms. The average molecular weight is 139 g/mol. The van der Waals surface area contributed by atoms with E-state index in [-0.39, 0.29) is 5.56 Å². The lowest BCUT2D eigenvalue weighted by Crippen LogP contribution is -2.27. The Bertz CT molecular complexity index is 323. The largest absolute Gasteiger partial charge is 0.328 e. The van der Waals surface area contributed by atoms with Crippen molar-refractivity contribution in [1.29, 1.82) is 0 Å². The maximum Gasteiger partial charge on any atom is 0.328 e. The maximum atomic E-state index is 10.7. The lowest BCUT2D eigenvalue weighted by Gasteiger charge is -1.95. The standard InChI is InChI=1S/C6H7N2O2/c1-2-8-4-3-5(9)7-6(8)10/h2-4H,1H3,(H,7,9,10). The molecule has 4 nitrogen and oxygen atoms in total. The number of rotatable bonds is 1. The Labute approximate surface area is 57.1 Å². The number of H-pyrrole nitrogens is 1. The lowest BCUT2D eigenvalue weighted by molar-refractivity contribution is 0.834. The van der Waals surface area contributed by atoms with Crippen molar-refractivity contribution < 1.29 is 0 Å². The Morgan fingerprint density at radius 1 is 1.60 bits per heavy atom. The number of hydrogen-bond acceptors (Lipinski definition) is 2. The number of aromatic amines is 1. The monoisotopic (exact) mass is 139 g/mol. The Hall–Kier alpha value is -1.32. The molecule has 0 bridgehead atoms. The van der Waals surface area contributed by atoms with Gasteiger partial charge in [0.25, 0.3) is 5.56 Å². The maximum absolute atomic E-state index is 10.7. The van der Waals surface area contributed by atoms with Gasteiger partial charge in [-0.15, -0.1) is 0 Å². The van der Waals surface area contributed by atoms with Crippen molar-refractivity contribution in [2.45, 2.75) is 6.92 Å². The molecule has 4 heteroatoms. The first kappa shape index (κ1) is 6.80. The summed E-state index contributed by atoms with van der Waals surface area (Å²) in [6.45, 7) is 3.28. The van der Waals surface area contributed by atoms with E-state index in [0.29, 0.717) is 0 Å². The summed E-state index contributed by atoms with van der Waals surface area (Å²) in [7, 11) is 0. The normalized spacial score (nSPS) is 9.70. The van der Waals surface area contributed by atoms with Gasteiger partial charge in [0.1, 0.15) is 0 Å². The summed E-state index contributed by atoms with van der Waals surface area (Å²) in [5, 5.41) is 0. The molecule has 10 heavy (non-hydrogen) atoms. The van der Waals surface area contributed by atoms with Crippen LogP contribution in [0.5, 0.6) is 0 Å². The number of aromatic nitrogens is 2. The van der Waals surface area contributed by atoms with Gasteiger partial charge in [-0.25, -0.2) is 4.79 Å². The van der Waals surface area contributed by atoms with E-state index in [1.165, 1.54) is 16.8 Å². The van der Waals surface area contributed by atoms with Crippen molar-refractivity contribution in [3.8, 4) is 0 Å². The van der Waals surface area contributed by atoms with Crippen molar-refractivity contribution in [3.05, 3.63) is 39.6 Å². The minimum Gasteiger partial charge on any atom is -0.296 e. The molecule has 0 saturated heterocycles. The first-order chi connectivity index (χ1) is 4.74. The molecular weight excluding hydrogens is 132 g/mol. The highest BCUT2D eigenvalue weighted by molar-refractivity contribution is 4.85. The summed E-state index contributed by atoms with van der Waals surface area (Å²) < 4.78 is 1.29. The van der Waals surface area contributed by atoms with Crippen molar-refractivity contribution in [2.75, 3.05) is 0 Å². The lowest BCUT2D eigenvalue weighted by atomic mass is 10.6. The summed E-state index contributed by atoms with van der Waals surface area (Å²) in [5.74, 6) is 0. The van der Waals surface area contributed by atoms with E-state index in [1.807, 2.05) is 0 Å². The first-order valence-electron chi connectivity index (χ1n) is 2.85. The molecule has 1 N–H and O–H groups in total. The van der Waals surface area contributed by atoms with Crippen molar-refractivity contribution in [3.63, 3.8) is 0 Å². The van der Waals surface area contributed by atoms with Crippen molar-refractivity contribution in [1.82, 2.24) is 9.55 Å². The highest BCUT2D eigenvalue weighted by Gasteiger charge is 1.90. The minimum atomic E-state index is -0.407. The fraction of sp³-hybridized carbons (Fsp3) is 0.167. The Balaban J connectivity index is 3.34. The van der Waals surface area contributed by atoms with E-state index in [0.717, 1.165) is 0 Å². The molecule has 0 aliphatic carbocycles. The molecule has 0 atom stereocenters. The van der Waals surface area contributed by atoms with Crippen LogP contribution < -0.4 is 11.2 Å². The Kier molecular flexibility index (Phi) is 1.71. The first-order valence-corrected chi connectivity index (χ1v) is 2.85. The molecule has 0 saturated carbocycles. The Morgan fingerprint density at radius 2 is 2.30 bits per heavy atom. The average Bonchev–Trinajstić information content (AvgIpc) is 1.88. The van der Waals surface area contributed by atoms with E-state index in [1.54, 1.807) is 13.5 Å². The Morgan fingerprint density at radius 3 is 2.80 bits per heavy atom. The van der Waals surface area contributed by atoms with Crippen LogP contribution in [-0.4, -0.2) is 9.55 Å². The molecule has 0 aromatic carbocycles. The second kappa shape index (κ2) is 2.51. The highest BCUT2D eigenvalue weighted by atomic mass is 16.2. The zero-order valence-corrected chi connectivity index (χ0v) is 5.50. The van der Waals surface area contributed by atoms with E-state index >= 15 is 0 Å². The number of nitrogens with one attached hydrogen (secondary N) is 1. The predicted molar refractivity (Wildman–Crippen MR) is 36.7 cm³/mol. The van der Waals surface area contributed by atoms with Crippen molar-refractivity contribution in [2.24, 2.45) is 0 Å². The zero-order chi connectivity index (χ0) is 7.56. The van der Waals surface area contributed by atoms with Crippen LogP contribution in [0.15, 0.2) is 21.9 Å². The van der Waals surface area contributed by atoms with Crippen LogP contribution in [0.25, 0.3) is 0 Å². The topological polar surface area (TPSA) is 54.9 Å². The van der Waals surface area contributed by atoms with Gasteiger partial charge in [-0.05, 0) is 6.92 Å². The molecule has 0 unspecified atom stereocenters. The summed E-state index contributed by atoms with van der Waals surface area (Å²) in [6.07, 6.45) is 1.42. The van der Waals surface area contributed by atoms with Crippen LogP contribution in [-0.2, 0) is 0 Å². The summed E-state index contributed by atoms with van der Waals surface area (Å²) in [4.78, 5) is 23.3. The van der Waals surface area contributed by atoms with Gasteiger partial charge < -0.3 is 0 Å². The minimum absolute atomic E-state index is 0.372. The number of nitrogens with zero attached hydrogens (tertiary/aromatic N) is 1. The van der Waals surface area contributed by atoms with Gasteiger partial charge in [0.2, 0.25) is 0 Å². The van der Waals surface area contributed by atoms with Gasteiger partial charge in [-0.2, -0.15) is 0 Å². The molecule has 0 aliphatic heterocycles. The molecule has 1 rings (SSSR count). The van der Waals surface area contributed by atoms with Crippen molar-refractivity contribution >= 4 is 0 Å². The molecule has 53 valence electrons. The van der Waals surface area contributed by atoms with Crippen LogP contribution >= 0.6 is 0 Å². The van der Waals surface area contributed by atoms with Gasteiger partial charge >= 0.3 is 5.69 Å². The van der Waals surface area contributed by atoms with Crippen LogP contribution in [0, 0.1) is 6.54 Å². The van der Waals surface area contributed by atoms with Gasteiger partial charge in [0.05, 0.1) is 6.54 Å². The SMILES string of the molecule is C[CH]n1ccc(=O)[nH]c1=O. The number of hydrogen-bond donors (Lipinski definition) is 1. The van der Waals surface area contributed by atoms with Crippen LogP contribution in [0.4, 0.5) is 0 Å². The van der Waals surface area contributed by atoms with Gasteiger partial charge in [-0.3, -0.25) is 14.3 Å². The fourth-order valence-corrected chi connectivity index (χ4v) is 0.631. The van der Waals surface area contributed by atoms with Gasteiger partial charge in [0.15, 0.2) is 0 Å². The summed E-state index contributed by atoms with van der Waals surface area (Å²) in [6, 6.07) is 1.29. The third-order valence-electron chi connectivity index (χ3n) is 1.13. The van der Waals surface area contributed by atoms with Gasteiger partial charge in [0, 0.05) is 12.3 Å². The molecule has 0 fully saturated rings. The fourth-order valence-electron chi connectivity index (χ4n) is 0.631. The molecule has 0 amide bonds. The third-order valence-corrected chi connectivity index (χ3v) is 1.13. The molecule has 0 aliphatic rings. The second-order valence-electron chi connectivity index (χ2n) is 1.78. The molecule has 1 radical (unpaired) electrons. The smallest absolute Gasteiger partial charge is 0.296 e. The van der Waals surface area contributed by atoms with E-state index in [4.69, 9.17) is 0 Å². The predicted octanol–water partition coefficient (Wildman–Crippen LogP) is -0.434. The van der Waals surface area contributed by atoms with Crippen LogP contribution in [0.2, 0.25) is 0 Å². The second-order valence-corrected chi connectivity index (χ2v) is 1.78. The highest BCUT2D eigenvalue weighted by Crippen LogP contribution is 1.74. The quantitative estimate of drug-likeness (QED) is 0.573. The summed E-state index contributed by atoms with van der Waals surface area (Å²) in [5.41, 5.74) is -0.780. The summed E-state index contributed by atoms with van der Waals surface area (Å²) >= 11 is 0.